The quantitative estimate of drug-likeness (QED) is 0.850. The number of ether oxygens (including phenoxy) is 1. The summed E-state index contributed by atoms with van der Waals surface area (Å²) in [5, 5.41) is 0. The Morgan fingerprint density at radius 1 is 1.59 bits per heavy atom. The fourth-order valence-electron chi connectivity index (χ4n) is 2.00. The number of rotatable bonds is 5. The molecule has 2 rings (SSSR count). The molecule has 0 radical (unpaired) electrons. The van der Waals surface area contributed by atoms with Gasteiger partial charge in [0.15, 0.2) is 0 Å². The van der Waals surface area contributed by atoms with Gasteiger partial charge in [0.05, 0.1) is 23.3 Å². The summed E-state index contributed by atoms with van der Waals surface area (Å²) in [4.78, 5) is 4.19. The van der Waals surface area contributed by atoms with E-state index >= 15 is 0 Å². The lowest BCUT2D eigenvalue weighted by Gasteiger charge is -2.10. The van der Waals surface area contributed by atoms with E-state index in [-0.39, 0.29) is 6.10 Å². The fraction of sp³-hybridized carbons (Fsp3) is 0.583. The molecule has 0 amide bonds. The minimum absolute atomic E-state index is 0.175. The van der Waals surface area contributed by atoms with E-state index in [4.69, 9.17) is 10.5 Å². The normalized spacial score (nSPS) is 21.6. The molecule has 2 heterocycles. The van der Waals surface area contributed by atoms with Crippen LogP contribution in [0.15, 0.2) is 18.3 Å². The van der Waals surface area contributed by atoms with Gasteiger partial charge in [-0.3, -0.25) is 9.19 Å². The molecule has 0 spiro atoms. The maximum Gasteiger partial charge on any atom is 0.0691 e. The van der Waals surface area contributed by atoms with Gasteiger partial charge in [-0.15, -0.1) is 0 Å². The Bertz CT molecular complexity index is 392. The molecule has 2 N–H and O–H groups in total. The maximum atomic E-state index is 12.0. The zero-order valence-corrected chi connectivity index (χ0v) is 10.6. The Morgan fingerprint density at radius 2 is 2.47 bits per heavy atom. The van der Waals surface area contributed by atoms with Gasteiger partial charge in [-0.05, 0) is 24.5 Å². The summed E-state index contributed by atoms with van der Waals surface area (Å²) in [6.45, 7) is 1.20. The van der Waals surface area contributed by atoms with Crippen molar-refractivity contribution in [3.63, 3.8) is 0 Å². The second-order valence-electron chi connectivity index (χ2n) is 4.20. The van der Waals surface area contributed by atoms with Crippen LogP contribution in [-0.4, -0.2) is 27.7 Å². The first kappa shape index (κ1) is 12.7. The first-order valence-electron chi connectivity index (χ1n) is 5.89. The molecule has 0 aliphatic carbocycles. The third kappa shape index (κ3) is 3.59. The van der Waals surface area contributed by atoms with Crippen LogP contribution in [0.1, 0.15) is 24.1 Å². The largest absolute Gasteiger partial charge is 0.377 e. The topological polar surface area (TPSA) is 65.2 Å². The van der Waals surface area contributed by atoms with Crippen LogP contribution >= 0.6 is 0 Å². The number of pyridine rings is 1. The van der Waals surface area contributed by atoms with Crippen molar-refractivity contribution in [1.29, 1.82) is 0 Å². The molecular weight excluding hydrogens is 236 g/mol. The van der Waals surface area contributed by atoms with Gasteiger partial charge in [0, 0.05) is 30.1 Å². The predicted molar refractivity (Wildman–Crippen MR) is 67.8 cm³/mol. The van der Waals surface area contributed by atoms with Crippen molar-refractivity contribution < 1.29 is 8.95 Å². The van der Waals surface area contributed by atoms with Crippen molar-refractivity contribution in [2.45, 2.75) is 31.2 Å². The van der Waals surface area contributed by atoms with Gasteiger partial charge in [0.1, 0.15) is 0 Å². The highest BCUT2D eigenvalue weighted by molar-refractivity contribution is 7.84. The SMILES string of the molecule is NCc1ncccc1CS(=O)CC1CCCO1. The van der Waals surface area contributed by atoms with E-state index in [1.54, 1.807) is 6.20 Å². The lowest BCUT2D eigenvalue weighted by Crippen LogP contribution is -2.17. The van der Waals surface area contributed by atoms with Gasteiger partial charge in [-0.25, -0.2) is 0 Å². The number of hydrogen-bond acceptors (Lipinski definition) is 4. The number of nitrogens with zero attached hydrogens (tertiary/aromatic N) is 1. The summed E-state index contributed by atoms with van der Waals surface area (Å²) in [5.41, 5.74) is 7.44. The lowest BCUT2D eigenvalue weighted by molar-refractivity contribution is 0.128. The molecule has 2 unspecified atom stereocenters. The van der Waals surface area contributed by atoms with E-state index in [1.165, 1.54) is 0 Å². The molecule has 94 valence electrons. The van der Waals surface area contributed by atoms with Gasteiger partial charge in [0.25, 0.3) is 0 Å². The highest BCUT2D eigenvalue weighted by Crippen LogP contribution is 2.15. The molecule has 1 aromatic heterocycles. The summed E-state index contributed by atoms with van der Waals surface area (Å²) in [5.74, 6) is 1.15. The van der Waals surface area contributed by atoms with Crippen molar-refractivity contribution >= 4 is 10.8 Å². The van der Waals surface area contributed by atoms with Crippen LogP contribution in [0.3, 0.4) is 0 Å². The number of aromatic nitrogens is 1. The molecule has 0 bridgehead atoms. The molecule has 1 fully saturated rings. The van der Waals surface area contributed by atoms with Gasteiger partial charge in [0.2, 0.25) is 0 Å². The second kappa shape index (κ2) is 6.23. The third-order valence-corrected chi connectivity index (χ3v) is 4.27. The molecule has 4 nitrogen and oxygen atoms in total. The lowest BCUT2D eigenvalue weighted by atomic mass is 10.2. The molecule has 5 heteroatoms. The van der Waals surface area contributed by atoms with Crippen LogP contribution in [-0.2, 0) is 27.8 Å². The fourth-order valence-corrected chi connectivity index (χ4v) is 3.41. The van der Waals surface area contributed by atoms with E-state index < -0.39 is 10.8 Å². The van der Waals surface area contributed by atoms with Gasteiger partial charge in [-0.1, -0.05) is 6.07 Å². The third-order valence-electron chi connectivity index (χ3n) is 2.89. The summed E-state index contributed by atoms with van der Waals surface area (Å²) in [6.07, 6.45) is 4.01. The van der Waals surface area contributed by atoms with E-state index in [0.29, 0.717) is 18.1 Å². The smallest absolute Gasteiger partial charge is 0.0691 e. The summed E-state index contributed by atoms with van der Waals surface area (Å²) >= 11 is 0. The summed E-state index contributed by atoms with van der Waals surface area (Å²) in [7, 11) is -0.893. The molecule has 0 aromatic carbocycles. The molecule has 17 heavy (non-hydrogen) atoms. The van der Waals surface area contributed by atoms with E-state index in [1.807, 2.05) is 12.1 Å². The van der Waals surface area contributed by atoms with Crippen molar-refractivity contribution in [2.24, 2.45) is 5.73 Å². The zero-order valence-electron chi connectivity index (χ0n) is 9.80. The second-order valence-corrected chi connectivity index (χ2v) is 5.70. The molecular formula is C12H18N2O2S. The van der Waals surface area contributed by atoms with Crippen LogP contribution in [0.4, 0.5) is 0 Å². The molecule has 1 aliphatic heterocycles. The van der Waals surface area contributed by atoms with Crippen LogP contribution in [0, 0.1) is 0 Å². The van der Waals surface area contributed by atoms with E-state index in [0.717, 1.165) is 30.7 Å². The number of nitrogens with two attached hydrogens (primary N) is 1. The Kier molecular flexibility index (Phi) is 4.65. The van der Waals surface area contributed by atoms with E-state index in [2.05, 4.69) is 4.98 Å². The van der Waals surface area contributed by atoms with E-state index in [9.17, 15) is 4.21 Å². The first-order valence-corrected chi connectivity index (χ1v) is 7.38. The van der Waals surface area contributed by atoms with Crippen LogP contribution < -0.4 is 5.73 Å². The van der Waals surface area contributed by atoms with Gasteiger partial charge >= 0.3 is 0 Å². The Hall–Kier alpha value is -0.780. The Balaban J connectivity index is 1.92. The average molecular weight is 254 g/mol. The van der Waals surface area contributed by atoms with Gasteiger partial charge in [-0.2, -0.15) is 0 Å². The van der Waals surface area contributed by atoms with Gasteiger partial charge < -0.3 is 10.5 Å². The zero-order chi connectivity index (χ0) is 12.1. The number of hydrogen-bond donors (Lipinski definition) is 1. The Labute approximate surface area is 104 Å². The molecule has 0 saturated carbocycles. The average Bonchev–Trinajstić information content (AvgIpc) is 2.82. The van der Waals surface area contributed by atoms with Crippen LogP contribution in [0.5, 0.6) is 0 Å². The standard InChI is InChI=1S/C12H18N2O2S/c13-7-12-10(3-1-5-14-12)8-17(15)9-11-4-2-6-16-11/h1,3,5,11H,2,4,6-9,13H2. The highest BCUT2D eigenvalue weighted by atomic mass is 32.2. The van der Waals surface area contributed by atoms with Crippen LogP contribution in [0.2, 0.25) is 0 Å². The minimum atomic E-state index is -0.893. The predicted octanol–water partition coefficient (Wildman–Crippen LogP) is 0.968. The molecule has 1 aromatic rings. The van der Waals surface area contributed by atoms with Crippen molar-refractivity contribution in [3.8, 4) is 0 Å². The Morgan fingerprint density at radius 3 is 3.18 bits per heavy atom. The van der Waals surface area contributed by atoms with Crippen molar-refractivity contribution in [2.75, 3.05) is 12.4 Å². The molecule has 2 atom stereocenters. The van der Waals surface area contributed by atoms with Crippen LogP contribution in [0.25, 0.3) is 0 Å². The summed E-state index contributed by atoms with van der Waals surface area (Å²) < 4.78 is 17.5. The first-order chi connectivity index (χ1) is 8.29. The monoisotopic (exact) mass is 254 g/mol. The minimum Gasteiger partial charge on any atom is -0.377 e. The summed E-state index contributed by atoms with van der Waals surface area (Å²) in [6, 6.07) is 3.81. The van der Waals surface area contributed by atoms with Crippen molar-refractivity contribution in [3.05, 3.63) is 29.6 Å². The van der Waals surface area contributed by atoms with Crippen molar-refractivity contribution in [1.82, 2.24) is 4.98 Å². The molecule has 1 saturated heterocycles. The molecule has 1 aliphatic rings. The highest BCUT2D eigenvalue weighted by Gasteiger charge is 2.18. The maximum absolute atomic E-state index is 12.0.